The fraction of sp³-hybridized carbons (Fsp3) is 0.562. The van der Waals surface area contributed by atoms with Gasteiger partial charge >= 0.3 is 6.61 Å². The molecule has 2 unspecified atom stereocenters. The lowest BCUT2D eigenvalue weighted by Gasteiger charge is -2.13. The molecule has 0 spiro atoms. The number of hydrogen-bond donors (Lipinski definition) is 2. The number of benzene rings is 1. The van der Waals surface area contributed by atoms with Gasteiger partial charge in [-0.3, -0.25) is 0 Å². The molecule has 2 aliphatic rings. The molecular weight excluding hydrogens is 320 g/mol. The van der Waals surface area contributed by atoms with E-state index in [1.807, 2.05) is 6.92 Å². The van der Waals surface area contributed by atoms with Crippen LogP contribution in [0.2, 0.25) is 0 Å². The number of nitrogens with one attached hydrogen (secondary N) is 2. The second kappa shape index (κ2) is 7.11. The van der Waals surface area contributed by atoms with E-state index in [2.05, 4.69) is 27.3 Å². The highest BCUT2D eigenvalue weighted by atomic mass is 19.3. The zero-order valence-electron chi connectivity index (χ0n) is 13.6. The van der Waals surface area contributed by atoms with Crippen molar-refractivity contribution in [3.05, 3.63) is 17.7 Å². The van der Waals surface area contributed by atoms with Crippen molar-refractivity contribution in [2.24, 2.45) is 10.9 Å². The van der Waals surface area contributed by atoms with E-state index >= 15 is 0 Å². The third-order valence-electron chi connectivity index (χ3n) is 3.96. The van der Waals surface area contributed by atoms with Crippen molar-refractivity contribution < 1.29 is 23.0 Å². The molecule has 1 aromatic rings. The van der Waals surface area contributed by atoms with Crippen LogP contribution in [0.5, 0.6) is 17.2 Å². The summed E-state index contributed by atoms with van der Waals surface area (Å²) in [7, 11) is 0. The lowest BCUT2D eigenvalue weighted by Crippen LogP contribution is -2.39. The van der Waals surface area contributed by atoms with E-state index < -0.39 is 6.61 Å². The molecule has 1 aromatic carbocycles. The maximum Gasteiger partial charge on any atom is 0.387 e. The van der Waals surface area contributed by atoms with Gasteiger partial charge in [0.1, 0.15) is 5.75 Å². The molecule has 8 heteroatoms. The molecule has 1 fully saturated rings. The van der Waals surface area contributed by atoms with Crippen LogP contribution in [0.1, 0.15) is 25.8 Å². The van der Waals surface area contributed by atoms with Crippen molar-refractivity contribution in [3.8, 4) is 17.2 Å². The molecule has 0 bridgehead atoms. The van der Waals surface area contributed by atoms with E-state index in [-0.39, 0.29) is 19.1 Å². The number of ether oxygens (including phenoxy) is 3. The van der Waals surface area contributed by atoms with E-state index in [1.165, 1.54) is 6.07 Å². The van der Waals surface area contributed by atoms with Crippen molar-refractivity contribution >= 4 is 5.96 Å². The average Bonchev–Trinajstić information content (AvgIpc) is 3.03. The van der Waals surface area contributed by atoms with Gasteiger partial charge in [0.25, 0.3) is 0 Å². The normalized spacial score (nSPS) is 21.8. The predicted molar refractivity (Wildman–Crippen MR) is 84.7 cm³/mol. The van der Waals surface area contributed by atoms with Crippen molar-refractivity contribution in [2.75, 3.05) is 13.3 Å². The van der Waals surface area contributed by atoms with E-state index in [4.69, 9.17) is 9.47 Å². The van der Waals surface area contributed by atoms with Crippen LogP contribution in [0.3, 0.4) is 0 Å². The lowest BCUT2D eigenvalue weighted by molar-refractivity contribution is -0.0505. The summed E-state index contributed by atoms with van der Waals surface area (Å²) in [6.07, 6.45) is 1.11. The number of hydrogen-bond acceptors (Lipinski definition) is 4. The molecule has 0 saturated heterocycles. The Morgan fingerprint density at radius 1 is 1.38 bits per heavy atom. The fourth-order valence-corrected chi connectivity index (χ4v) is 2.48. The number of guanidine groups is 1. The molecule has 0 radical (unpaired) electrons. The molecule has 1 aliphatic heterocycles. The predicted octanol–water partition coefficient (Wildman–Crippen LogP) is 2.48. The number of fused-ring (bicyclic) bond motifs is 1. The standard InChI is InChI=1S/C16H21F2N3O3/c1-3-19-16(21-11-4-9(11)2)20-7-10-5-13-14(23-8-22-13)6-12(10)24-15(17)18/h5-6,9,11,15H,3-4,7-8H2,1-2H3,(H2,19,20,21). The topological polar surface area (TPSA) is 64.1 Å². The Bertz CT molecular complexity index is 625. The number of alkyl halides is 2. The third kappa shape index (κ3) is 3.98. The van der Waals surface area contributed by atoms with Crippen LogP contribution in [0.25, 0.3) is 0 Å². The van der Waals surface area contributed by atoms with Crippen LogP contribution in [-0.2, 0) is 6.54 Å². The molecule has 3 rings (SSSR count). The second-order valence-corrected chi connectivity index (χ2v) is 5.85. The summed E-state index contributed by atoms with van der Waals surface area (Å²) in [6.45, 7) is 2.20. The molecule has 1 heterocycles. The van der Waals surface area contributed by atoms with Crippen molar-refractivity contribution in [1.29, 1.82) is 0 Å². The minimum atomic E-state index is -2.91. The minimum absolute atomic E-state index is 0.0497. The molecule has 2 atom stereocenters. The Balaban J connectivity index is 1.77. The van der Waals surface area contributed by atoms with E-state index in [0.717, 1.165) is 6.42 Å². The van der Waals surface area contributed by atoms with Gasteiger partial charge in [-0.2, -0.15) is 8.78 Å². The Hall–Kier alpha value is -2.25. The SMILES string of the molecule is CCNC(=NCc1cc2c(cc1OC(F)F)OCO2)NC1CC1C. The molecule has 6 nitrogen and oxygen atoms in total. The molecule has 24 heavy (non-hydrogen) atoms. The maximum atomic E-state index is 12.6. The van der Waals surface area contributed by atoms with Gasteiger partial charge in [0.05, 0.1) is 6.54 Å². The average molecular weight is 341 g/mol. The van der Waals surface area contributed by atoms with Crippen LogP contribution >= 0.6 is 0 Å². The minimum Gasteiger partial charge on any atom is -0.454 e. The Kier molecular flexibility index (Phi) is 4.92. The van der Waals surface area contributed by atoms with E-state index in [1.54, 1.807) is 6.07 Å². The largest absolute Gasteiger partial charge is 0.454 e. The van der Waals surface area contributed by atoms with Gasteiger partial charge in [-0.25, -0.2) is 4.99 Å². The molecule has 132 valence electrons. The summed E-state index contributed by atoms with van der Waals surface area (Å²) in [5, 5.41) is 6.47. The molecule has 0 aromatic heterocycles. The Morgan fingerprint density at radius 3 is 2.71 bits per heavy atom. The van der Waals surface area contributed by atoms with Crippen LogP contribution in [0, 0.1) is 5.92 Å². The van der Waals surface area contributed by atoms with Crippen LogP contribution in [0.15, 0.2) is 17.1 Å². The second-order valence-electron chi connectivity index (χ2n) is 5.85. The molecule has 2 N–H and O–H groups in total. The first-order valence-corrected chi connectivity index (χ1v) is 7.99. The van der Waals surface area contributed by atoms with Gasteiger partial charge in [-0.05, 0) is 25.3 Å². The Labute approximate surface area is 139 Å². The zero-order chi connectivity index (χ0) is 17.1. The van der Waals surface area contributed by atoms with Crippen LogP contribution < -0.4 is 24.8 Å². The van der Waals surface area contributed by atoms with Crippen molar-refractivity contribution in [3.63, 3.8) is 0 Å². The summed E-state index contributed by atoms with van der Waals surface area (Å²) in [6, 6.07) is 3.46. The molecular formula is C16H21F2N3O3. The zero-order valence-corrected chi connectivity index (χ0v) is 13.6. The highest BCUT2D eigenvalue weighted by Crippen LogP contribution is 2.39. The number of halogens is 2. The fourth-order valence-electron chi connectivity index (χ4n) is 2.48. The third-order valence-corrected chi connectivity index (χ3v) is 3.96. The van der Waals surface area contributed by atoms with Gasteiger partial charge < -0.3 is 24.8 Å². The lowest BCUT2D eigenvalue weighted by atomic mass is 10.1. The molecule has 1 saturated carbocycles. The van der Waals surface area contributed by atoms with Crippen molar-refractivity contribution in [2.45, 2.75) is 39.5 Å². The number of nitrogens with zero attached hydrogens (tertiary/aromatic N) is 1. The maximum absolute atomic E-state index is 12.6. The van der Waals surface area contributed by atoms with Gasteiger partial charge in [0.2, 0.25) is 6.79 Å². The number of rotatable bonds is 6. The highest BCUT2D eigenvalue weighted by Gasteiger charge is 2.33. The summed E-state index contributed by atoms with van der Waals surface area (Å²) in [5.74, 6) is 2.24. The Morgan fingerprint density at radius 2 is 2.08 bits per heavy atom. The van der Waals surface area contributed by atoms with E-state index in [9.17, 15) is 8.78 Å². The van der Waals surface area contributed by atoms with Gasteiger partial charge in [0, 0.05) is 24.2 Å². The first-order valence-electron chi connectivity index (χ1n) is 7.99. The van der Waals surface area contributed by atoms with Gasteiger partial charge in [-0.1, -0.05) is 6.92 Å². The molecule has 1 aliphatic carbocycles. The van der Waals surface area contributed by atoms with Gasteiger partial charge in [0.15, 0.2) is 17.5 Å². The van der Waals surface area contributed by atoms with Gasteiger partial charge in [-0.15, -0.1) is 0 Å². The first-order chi connectivity index (χ1) is 11.6. The summed E-state index contributed by atoms with van der Waals surface area (Å²) >= 11 is 0. The number of aliphatic imine (C=N–C) groups is 1. The smallest absolute Gasteiger partial charge is 0.387 e. The summed E-state index contributed by atoms with van der Waals surface area (Å²) in [5.41, 5.74) is 0.514. The molecule has 0 amide bonds. The quantitative estimate of drug-likeness (QED) is 0.615. The summed E-state index contributed by atoms with van der Waals surface area (Å²) in [4.78, 5) is 4.46. The van der Waals surface area contributed by atoms with Crippen LogP contribution in [0.4, 0.5) is 8.78 Å². The van der Waals surface area contributed by atoms with Crippen molar-refractivity contribution in [1.82, 2.24) is 10.6 Å². The van der Waals surface area contributed by atoms with E-state index in [0.29, 0.717) is 41.5 Å². The first kappa shape index (κ1) is 16.6. The monoisotopic (exact) mass is 341 g/mol. The summed E-state index contributed by atoms with van der Waals surface area (Å²) < 4.78 is 40.4. The van der Waals surface area contributed by atoms with Crippen LogP contribution in [-0.4, -0.2) is 32.0 Å². The highest BCUT2D eigenvalue weighted by molar-refractivity contribution is 5.80.